The standard InChI is InChI=1S/C15H15N3O2S/c1-11-5-3-4-6-15(11)21(19,20)18(2)12-7-8-13-14(9-12)17-10-16-13/h3-10H,1-2H3,(H,16,17). The van der Waals surface area contributed by atoms with Gasteiger partial charge < -0.3 is 4.98 Å². The summed E-state index contributed by atoms with van der Waals surface area (Å²) in [5.74, 6) is 0. The highest BCUT2D eigenvalue weighted by atomic mass is 32.2. The number of benzene rings is 2. The summed E-state index contributed by atoms with van der Waals surface area (Å²) in [5, 5.41) is 0. The molecule has 21 heavy (non-hydrogen) atoms. The van der Waals surface area contributed by atoms with Gasteiger partial charge in [-0.25, -0.2) is 13.4 Å². The van der Waals surface area contributed by atoms with Gasteiger partial charge in [0.15, 0.2) is 0 Å². The van der Waals surface area contributed by atoms with E-state index < -0.39 is 10.0 Å². The predicted molar refractivity (Wildman–Crippen MR) is 82.9 cm³/mol. The normalized spacial score (nSPS) is 11.7. The molecule has 0 saturated carbocycles. The maximum Gasteiger partial charge on any atom is 0.264 e. The number of imidazole rings is 1. The van der Waals surface area contributed by atoms with Crippen molar-refractivity contribution in [1.82, 2.24) is 9.97 Å². The molecule has 6 heteroatoms. The molecule has 108 valence electrons. The molecule has 1 heterocycles. The lowest BCUT2D eigenvalue weighted by Crippen LogP contribution is -2.27. The van der Waals surface area contributed by atoms with Crippen molar-refractivity contribution in [2.45, 2.75) is 11.8 Å². The molecule has 0 saturated heterocycles. The largest absolute Gasteiger partial charge is 0.345 e. The third-order valence-electron chi connectivity index (χ3n) is 3.50. The van der Waals surface area contributed by atoms with Crippen molar-refractivity contribution in [2.75, 3.05) is 11.4 Å². The summed E-state index contributed by atoms with van der Waals surface area (Å²) in [6.07, 6.45) is 1.59. The lowest BCUT2D eigenvalue weighted by atomic mass is 10.2. The second kappa shape index (κ2) is 4.89. The van der Waals surface area contributed by atoms with Crippen LogP contribution in [0.25, 0.3) is 11.0 Å². The van der Waals surface area contributed by atoms with E-state index in [9.17, 15) is 8.42 Å². The van der Waals surface area contributed by atoms with Crippen LogP contribution in [-0.2, 0) is 10.0 Å². The molecule has 0 bridgehead atoms. The van der Waals surface area contributed by atoms with E-state index in [0.717, 1.165) is 16.6 Å². The number of sulfonamides is 1. The number of fused-ring (bicyclic) bond motifs is 1. The Hall–Kier alpha value is -2.34. The highest BCUT2D eigenvalue weighted by molar-refractivity contribution is 7.92. The van der Waals surface area contributed by atoms with Crippen molar-refractivity contribution in [3.8, 4) is 0 Å². The van der Waals surface area contributed by atoms with Gasteiger partial charge in [-0.1, -0.05) is 18.2 Å². The van der Waals surface area contributed by atoms with Gasteiger partial charge in [-0.3, -0.25) is 4.31 Å². The van der Waals surface area contributed by atoms with Crippen LogP contribution in [0.3, 0.4) is 0 Å². The molecule has 1 aromatic heterocycles. The number of anilines is 1. The summed E-state index contributed by atoms with van der Waals surface area (Å²) in [6, 6.07) is 12.3. The summed E-state index contributed by atoms with van der Waals surface area (Å²) < 4.78 is 26.7. The number of aryl methyl sites for hydroxylation is 1. The first-order valence-electron chi connectivity index (χ1n) is 6.48. The van der Waals surface area contributed by atoms with E-state index in [1.807, 2.05) is 6.07 Å². The van der Waals surface area contributed by atoms with Crippen LogP contribution in [0.15, 0.2) is 53.7 Å². The van der Waals surface area contributed by atoms with Crippen molar-refractivity contribution >= 4 is 26.7 Å². The fraction of sp³-hybridized carbons (Fsp3) is 0.133. The second-order valence-corrected chi connectivity index (χ2v) is 6.78. The molecular formula is C15H15N3O2S. The highest BCUT2D eigenvalue weighted by Gasteiger charge is 2.23. The molecule has 0 amide bonds. The molecule has 3 aromatic rings. The Kier molecular flexibility index (Phi) is 3.17. The van der Waals surface area contributed by atoms with Gasteiger partial charge in [0, 0.05) is 7.05 Å². The van der Waals surface area contributed by atoms with Crippen molar-refractivity contribution < 1.29 is 8.42 Å². The zero-order valence-corrected chi connectivity index (χ0v) is 12.6. The lowest BCUT2D eigenvalue weighted by Gasteiger charge is -2.20. The van der Waals surface area contributed by atoms with E-state index >= 15 is 0 Å². The van der Waals surface area contributed by atoms with Crippen LogP contribution in [-0.4, -0.2) is 25.4 Å². The van der Waals surface area contributed by atoms with Gasteiger partial charge in [0.2, 0.25) is 0 Å². The molecule has 0 radical (unpaired) electrons. The molecule has 1 N–H and O–H groups in total. The fourth-order valence-electron chi connectivity index (χ4n) is 2.25. The van der Waals surface area contributed by atoms with E-state index in [2.05, 4.69) is 9.97 Å². The first-order chi connectivity index (χ1) is 10.00. The Morgan fingerprint density at radius 2 is 1.90 bits per heavy atom. The quantitative estimate of drug-likeness (QED) is 0.809. The minimum Gasteiger partial charge on any atom is -0.345 e. The Morgan fingerprint density at radius 1 is 1.14 bits per heavy atom. The number of aromatic nitrogens is 2. The van der Waals surface area contributed by atoms with Gasteiger partial charge in [0.05, 0.1) is 27.9 Å². The zero-order valence-electron chi connectivity index (χ0n) is 11.7. The van der Waals surface area contributed by atoms with Gasteiger partial charge in [-0.15, -0.1) is 0 Å². The lowest BCUT2D eigenvalue weighted by molar-refractivity contribution is 0.594. The summed E-state index contributed by atoms with van der Waals surface area (Å²) >= 11 is 0. The van der Waals surface area contributed by atoms with Crippen LogP contribution >= 0.6 is 0 Å². The first kappa shape index (κ1) is 13.6. The van der Waals surface area contributed by atoms with Crippen molar-refractivity contribution in [3.05, 3.63) is 54.4 Å². The van der Waals surface area contributed by atoms with Crippen LogP contribution in [0.4, 0.5) is 5.69 Å². The number of rotatable bonds is 3. The van der Waals surface area contributed by atoms with Crippen LogP contribution in [0, 0.1) is 6.92 Å². The van der Waals surface area contributed by atoms with Crippen molar-refractivity contribution in [3.63, 3.8) is 0 Å². The van der Waals surface area contributed by atoms with Crippen LogP contribution in [0.5, 0.6) is 0 Å². The summed E-state index contributed by atoms with van der Waals surface area (Å²) in [6.45, 7) is 1.79. The monoisotopic (exact) mass is 301 g/mol. The fourth-order valence-corrected chi connectivity index (χ4v) is 3.66. The molecule has 5 nitrogen and oxygen atoms in total. The van der Waals surface area contributed by atoms with Crippen LogP contribution in [0.2, 0.25) is 0 Å². The number of hydrogen-bond acceptors (Lipinski definition) is 3. The maximum absolute atomic E-state index is 12.7. The van der Waals surface area contributed by atoms with Crippen molar-refractivity contribution in [1.29, 1.82) is 0 Å². The number of nitrogens with one attached hydrogen (secondary N) is 1. The molecule has 0 aliphatic carbocycles. The van der Waals surface area contributed by atoms with E-state index in [0.29, 0.717) is 10.6 Å². The molecule has 0 aliphatic rings. The average Bonchev–Trinajstić information content (AvgIpc) is 2.94. The number of nitrogens with zero attached hydrogens (tertiary/aromatic N) is 2. The van der Waals surface area contributed by atoms with Crippen LogP contribution in [0.1, 0.15) is 5.56 Å². The smallest absolute Gasteiger partial charge is 0.264 e. The van der Waals surface area contributed by atoms with E-state index in [4.69, 9.17) is 0 Å². The van der Waals surface area contributed by atoms with Gasteiger partial charge in [0.25, 0.3) is 10.0 Å². The SMILES string of the molecule is Cc1ccccc1S(=O)(=O)N(C)c1ccc2nc[nH]c2c1. The van der Waals surface area contributed by atoms with Crippen LogP contribution < -0.4 is 4.31 Å². The summed E-state index contributed by atoms with van der Waals surface area (Å²) in [7, 11) is -2.02. The van der Waals surface area contributed by atoms with Crippen molar-refractivity contribution in [2.24, 2.45) is 0 Å². The van der Waals surface area contributed by atoms with Gasteiger partial charge >= 0.3 is 0 Å². The molecule has 0 atom stereocenters. The minimum atomic E-state index is -3.58. The minimum absolute atomic E-state index is 0.317. The molecule has 3 rings (SSSR count). The Labute approximate surface area is 123 Å². The zero-order chi connectivity index (χ0) is 15.0. The topological polar surface area (TPSA) is 66.1 Å². The first-order valence-corrected chi connectivity index (χ1v) is 7.92. The maximum atomic E-state index is 12.7. The predicted octanol–water partition coefficient (Wildman–Crippen LogP) is 2.70. The Balaban J connectivity index is 2.08. The van der Waals surface area contributed by atoms with Gasteiger partial charge in [-0.2, -0.15) is 0 Å². The molecule has 0 spiro atoms. The van der Waals surface area contributed by atoms with E-state index in [-0.39, 0.29) is 0 Å². The highest BCUT2D eigenvalue weighted by Crippen LogP contribution is 2.26. The molecule has 0 unspecified atom stereocenters. The number of H-pyrrole nitrogens is 1. The summed E-state index contributed by atoms with van der Waals surface area (Å²) in [5.41, 5.74) is 2.93. The third-order valence-corrected chi connectivity index (χ3v) is 5.45. The number of hydrogen-bond donors (Lipinski definition) is 1. The molecule has 2 aromatic carbocycles. The molecule has 0 fully saturated rings. The van der Waals surface area contributed by atoms with E-state index in [1.54, 1.807) is 56.7 Å². The third kappa shape index (κ3) is 2.27. The molecular weight excluding hydrogens is 286 g/mol. The number of aromatic amines is 1. The van der Waals surface area contributed by atoms with E-state index in [1.165, 1.54) is 4.31 Å². The summed E-state index contributed by atoms with van der Waals surface area (Å²) in [4.78, 5) is 7.43. The van der Waals surface area contributed by atoms with Gasteiger partial charge in [0.1, 0.15) is 0 Å². The molecule has 0 aliphatic heterocycles. The Morgan fingerprint density at radius 3 is 2.67 bits per heavy atom. The Bertz CT molecular complexity index is 900. The van der Waals surface area contributed by atoms with Gasteiger partial charge in [-0.05, 0) is 36.8 Å². The second-order valence-electron chi connectivity index (χ2n) is 4.84. The average molecular weight is 301 g/mol.